The first-order chi connectivity index (χ1) is 19.4. The minimum absolute atomic E-state index is 0.0406. The first-order valence-electron chi connectivity index (χ1n) is 13.9. The van der Waals surface area contributed by atoms with E-state index in [0.29, 0.717) is 42.3 Å². The molecule has 1 amide bonds. The molecule has 0 spiro atoms. The van der Waals surface area contributed by atoms with E-state index in [4.69, 9.17) is 14.2 Å². The number of hydrogen-bond donors (Lipinski definition) is 1. The molecule has 1 N–H and O–H groups in total. The Morgan fingerprint density at radius 1 is 1.00 bits per heavy atom. The second kappa shape index (κ2) is 11.9. The number of nitrogens with zero attached hydrogens (tertiary/aromatic N) is 1. The highest BCUT2D eigenvalue weighted by Crippen LogP contribution is 2.43. The summed E-state index contributed by atoms with van der Waals surface area (Å²) >= 11 is 0. The van der Waals surface area contributed by atoms with Gasteiger partial charge in [0, 0.05) is 18.5 Å². The van der Waals surface area contributed by atoms with Crippen molar-refractivity contribution in [3.05, 3.63) is 94.6 Å². The average Bonchev–Trinajstić information content (AvgIpc) is 3.45. The van der Waals surface area contributed by atoms with E-state index in [9.17, 15) is 14.7 Å². The molecular formula is C33H35NO6. The monoisotopic (exact) mass is 541 g/mol. The van der Waals surface area contributed by atoms with Gasteiger partial charge < -0.3 is 24.2 Å². The van der Waals surface area contributed by atoms with Gasteiger partial charge in [-0.1, -0.05) is 49.7 Å². The number of carbonyl (C=O) groups excluding carboxylic acids is 2. The molecule has 2 heterocycles. The summed E-state index contributed by atoms with van der Waals surface area (Å²) in [6, 6.07) is 19.5. The molecule has 0 bridgehead atoms. The number of amides is 1. The molecule has 3 aromatic carbocycles. The van der Waals surface area contributed by atoms with Crippen LogP contribution in [0, 0.1) is 0 Å². The summed E-state index contributed by atoms with van der Waals surface area (Å²) in [5, 5.41) is 11.6. The van der Waals surface area contributed by atoms with E-state index in [-0.39, 0.29) is 24.0 Å². The van der Waals surface area contributed by atoms with Crippen molar-refractivity contribution >= 4 is 17.4 Å². The zero-order chi connectivity index (χ0) is 28.2. The van der Waals surface area contributed by atoms with Crippen molar-refractivity contribution in [3.8, 4) is 17.2 Å². The Hall–Kier alpha value is -4.26. The number of fused-ring (bicyclic) bond motifs is 1. The summed E-state index contributed by atoms with van der Waals surface area (Å²) < 4.78 is 17.7. The molecular weight excluding hydrogens is 506 g/mol. The summed E-state index contributed by atoms with van der Waals surface area (Å²) in [4.78, 5) is 28.5. The van der Waals surface area contributed by atoms with Gasteiger partial charge in [0.15, 0.2) is 11.5 Å². The number of benzene rings is 3. The topological polar surface area (TPSA) is 85.3 Å². The van der Waals surface area contributed by atoms with Crippen LogP contribution in [-0.2, 0) is 22.6 Å². The van der Waals surface area contributed by atoms with E-state index < -0.39 is 17.7 Å². The van der Waals surface area contributed by atoms with Crippen LogP contribution in [0.15, 0.2) is 72.3 Å². The Bertz CT molecular complexity index is 1430. The molecule has 0 aromatic heterocycles. The van der Waals surface area contributed by atoms with Crippen LogP contribution in [0.5, 0.6) is 17.2 Å². The standard InChI is InChI=1S/C33H35NO6/c1-4-6-16-39-27-15-12-23(19-28(27)38-5-2)30-29(31(35)24-13-14-26-25(18-24)17-21(3)40-26)32(36)33(37)34(30)20-22-10-8-7-9-11-22/h7-15,18-19,21,30,35H,4-6,16-17,20H2,1-3H3/b31-29-. The van der Waals surface area contributed by atoms with Crippen molar-refractivity contribution in [2.75, 3.05) is 13.2 Å². The van der Waals surface area contributed by atoms with Crippen molar-refractivity contribution < 1.29 is 28.9 Å². The smallest absolute Gasteiger partial charge is 0.295 e. The minimum atomic E-state index is -0.812. The fourth-order valence-electron chi connectivity index (χ4n) is 5.30. The number of unbranched alkanes of at least 4 members (excludes halogenated alkanes) is 1. The van der Waals surface area contributed by atoms with Gasteiger partial charge >= 0.3 is 0 Å². The van der Waals surface area contributed by atoms with Crippen LogP contribution in [0.2, 0.25) is 0 Å². The largest absolute Gasteiger partial charge is 0.507 e. The molecule has 208 valence electrons. The van der Waals surface area contributed by atoms with Crippen LogP contribution >= 0.6 is 0 Å². The molecule has 1 fully saturated rings. The summed E-state index contributed by atoms with van der Waals surface area (Å²) in [5.74, 6) is 0.323. The molecule has 1 saturated heterocycles. The number of ether oxygens (including phenoxy) is 3. The van der Waals surface area contributed by atoms with E-state index in [1.807, 2.05) is 68.4 Å². The molecule has 7 heteroatoms. The molecule has 5 rings (SSSR count). The van der Waals surface area contributed by atoms with Crippen LogP contribution in [-0.4, -0.2) is 41.0 Å². The van der Waals surface area contributed by atoms with Crippen molar-refractivity contribution in [2.45, 2.75) is 58.7 Å². The van der Waals surface area contributed by atoms with Gasteiger partial charge in [0.2, 0.25) is 0 Å². The Balaban J connectivity index is 1.61. The molecule has 7 nitrogen and oxygen atoms in total. The lowest BCUT2D eigenvalue weighted by Gasteiger charge is -2.26. The van der Waals surface area contributed by atoms with E-state index in [0.717, 1.165) is 29.7 Å². The van der Waals surface area contributed by atoms with Crippen LogP contribution in [0.3, 0.4) is 0 Å². The van der Waals surface area contributed by atoms with Crippen molar-refractivity contribution in [3.63, 3.8) is 0 Å². The van der Waals surface area contributed by atoms with E-state index in [1.54, 1.807) is 12.1 Å². The summed E-state index contributed by atoms with van der Waals surface area (Å²) in [7, 11) is 0. The van der Waals surface area contributed by atoms with Gasteiger partial charge in [0.1, 0.15) is 17.6 Å². The van der Waals surface area contributed by atoms with Crippen molar-refractivity contribution in [1.82, 2.24) is 4.90 Å². The molecule has 2 aliphatic rings. The van der Waals surface area contributed by atoms with Gasteiger partial charge in [-0.3, -0.25) is 9.59 Å². The lowest BCUT2D eigenvalue weighted by molar-refractivity contribution is -0.140. The number of likely N-dealkylation sites (tertiary alicyclic amines) is 1. The predicted octanol–water partition coefficient (Wildman–Crippen LogP) is 6.21. The maximum Gasteiger partial charge on any atom is 0.295 e. The molecule has 2 atom stereocenters. The number of carbonyl (C=O) groups is 2. The lowest BCUT2D eigenvalue weighted by atomic mass is 9.94. The molecule has 0 saturated carbocycles. The first kappa shape index (κ1) is 27.3. The van der Waals surface area contributed by atoms with E-state index >= 15 is 0 Å². The number of Topliss-reactive ketones (excluding diaryl/α,β-unsaturated/α-hetero) is 1. The normalized spacial score (nSPS) is 19.4. The third kappa shape index (κ3) is 5.41. The maximum atomic E-state index is 13.6. The van der Waals surface area contributed by atoms with Crippen LogP contribution < -0.4 is 14.2 Å². The number of aliphatic hydroxyl groups excluding tert-OH is 1. The van der Waals surface area contributed by atoms with Gasteiger partial charge in [-0.05, 0) is 67.3 Å². The van der Waals surface area contributed by atoms with Gasteiger partial charge in [-0.25, -0.2) is 0 Å². The summed E-state index contributed by atoms with van der Waals surface area (Å²) in [6.45, 7) is 7.17. The van der Waals surface area contributed by atoms with E-state index in [2.05, 4.69) is 6.92 Å². The number of rotatable bonds is 10. The van der Waals surface area contributed by atoms with E-state index in [1.165, 1.54) is 4.90 Å². The van der Waals surface area contributed by atoms with Crippen molar-refractivity contribution in [2.24, 2.45) is 0 Å². The summed E-state index contributed by atoms with van der Waals surface area (Å²) in [5.41, 5.74) is 3.01. The Kier molecular flexibility index (Phi) is 8.10. The molecule has 0 aliphatic carbocycles. The number of aliphatic hydroxyl groups is 1. The zero-order valence-corrected chi connectivity index (χ0v) is 23.2. The number of hydrogen-bond acceptors (Lipinski definition) is 6. The van der Waals surface area contributed by atoms with Gasteiger partial charge in [0.25, 0.3) is 11.7 Å². The minimum Gasteiger partial charge on any atom is -0.507 e. The van der Waals surface area contributed by atoms with Gasteiger partial charge in [-0.2, -0.15) is 0 Å². The first-order valence-corrected chi connectivity index (χ1v) is 13.9. The Morgan fingerprint density at radius 2 is 1.80 bits per heavy atom. The quantitative estimate of drug-likeness (QED) is 0.142. The number of ketones is 1. The molecule has 0 radical (unpaired) electrons. The second-order valence-corrected chi connectivity index (χ2v) is 10.2. The highest BCUT2D eigenvalue weighted by atomic mass is 16.5. The zero-order valence-electron chi connectivity index (χ0n) is 23.2. The lowest BCUT2D eigenvalue weighted by Crippen LogP contribution is -2.29. The maximum absolute atomic E-state index is 13.6. The highest BCUT2D eigenvalue weighted by molar-refractivity contribution is 6.46. The molecule has 3 aromatic rings. The SMILES string of the molecule is CCCCOc1ccc(C2/C(=C(/O)c3ccc4c(c3)CC(C)O4)C(=O)C(=O)N2Cc2ccccc2)cc1OCC. The molecule has 2 aliphatic heterocycles. The fraction of sp³-hybridized carbons (Fsp3) is 0.333. The molecule has 2 unspecified atom stereocenters. The third-order valence-corrected chi connectivity index (χ3v) is 7.24. The third-order valence-electron chi connectivity index (χ3n) is 7.24. The fourth-order valence-corrected chi connectivity index (χ4v) is 5.30. The Morgan fingerprint density at radius 3 is 2.55 bits per heavy atom. The predicted molar refractivity (Wildman–Crippen MR) is 153 cm³/mol. The van der Waals surface area contributed by atoms with Gasteiger partial charge in [0.05, 0.1) is 24.8 Å². The summed E-state index contributed by atoms with van der Waals surface area (Å²) in [6.07, 6.45) is 2.66. The average molecular weight is 542 g/mol. The highest BCUT2D eigenvalue weighted by Gasteiger charge is 2.46. The molecule has 40 heavy (non-hydrogen) atoms. The van der Waals surface area contributed by atoms with Crippen LogP contribution in [0.1, 0.15) is 61.9 Å². The van der Waals surface area contributed by atoms with Crippen molar-refractivity contribution in [1.29, 1.82) is 0 Å². The second-order valence-electron chi connectivity index (χ2n) is 10.2. The Labute approximate surface area is 235 Å². The van der Waals surface area contributed by atoms with Crippen LogP contribution in [0.4, 0.5) is 0 Å². The van der Waals surface area contributed by atoms with Gasteiger partial charge in [-0.15, -0.1) is 0 Å². The van der Waals surface area contributed by atoms with Crippen LogP contribution in [0.25, 0.3) is 5.76 Å².